The Kier molecular flexibility index (Phi) is 6.07. The second-order valence-corrected chi connectivity index (χ2v) is 6.84. The number of rotatable bonds is 5. The number of hydrogen-bond acceptors (Lipinski definition) is 5. The first-order valence-corrected chi connectivity index (χ1v) is 8.87. The summed E-state index contributed by atoms with van der Waals surface area (Å²) in [6, 6.07) is 9.20. The van der Waals surface area contributed by atoms with Gasteiger partial charge in [-0.05, 0) is 50.8 Å². The van der Waals surface area contributed by atoms with E-state index in [1.165, 1.54) is 0 Å². The average Bonchev–Trinajstić information content (AvgIpc) is 2.98. The van der Waals surface area contributed by atoms with Crippen LogP contribution in [0.15, 0.2) is 34.9 Å². The van der Waals surface area contributed by atoms with Crippen molar-refractivity contribution >= 4 is 17.5 Å². The van der Waals surface area contributed by atoms with E-state index >= 15 is 0 Å². The molecule has 134 valence electrons. The lowest BCUT2D eigenvalue weighted by Gasteiger charge is -2.19. The summed E-state index contributed by atoms with van der Waals surface area (Å²) in [5.74, 6) is 0.678. The number of amides is 1. The first-order chi connectivity index (χ1) is 12.1. The summed E-state index contributed by atoms with van der Waals surface area (Å²) < 4.78 is 5.34. The number of likely N-dealkylation sites (N-methyl/N-ethyl adjacent to an activating group) is 1. The fourth-order valence-electron chi connectivity index (χ4n) is 2.85. The lowest BCUT2D eigenvalue weighted by atomic mass is 10.1. The molecule has 0 atom stereocenters. The van der Waals surface area contributed by atoms with Gasteiger partial charge in [-0.3, -0.25) is 9.69 Å². The molecule has 2 heterocycles. The van der Waals surface area contributed by atoms with Gasteiger partial charge in [-0.2, -0.15) is 0 Å². The predicted molar refractivity (Wildman–Crippen MR) is 97.3 cm³/mol. The Hall–Kier alpha value is -1.89. The van der Waals surface area contributed by atoms with E-state index in [0.29, 0.717) is 29.6 Å². The number of halogens is 1. The second kappa shape index (κ2) is 8.47. The summed E-state index contributed by atoms with van der Waals surface area (Å²) >= 11 is 5.89. The minimum atomic E-state index is 0.0144. The van der Waals surface area contributed by atoms with Crippen molar-refractivity contribution in [2.75, 3.05) is 39.8 Å². The average molecular weight is 363 g/mol. The third-order valence-corrected chi connectivity index (χ3v) is 4.59. The molecule has 1 aromatic heterocycles. The van der Waals surface area contributed by atoms with E-state index in [-0.39, 0.29) is 5.91 Å². The molecule has 1 aromatic carbocycles. The van der Waals surface area contributed by atoms with Gasteiger partial charge in [-0.1, -0.05) is 16.8 Å². The van der Waals surface area contributed by atoms with Crippen molar-refractivity contribution in [3.63, 3.8) is 0 Å². The van der Waals surface area contributed by atoms with Crippen molar-refractivity contribution in [3.8, 4) is 11.3 Å². The molecule has 3 rings (SSSR count). The van der Waals surface area contributed by atoms with Crippen LogP contribution in [0.2, 0.25) is 5.02 Å². The van der Waals surface area contributed by atoms with Gasteiger partial charge in [0, 0.05) is 29.7 Å². The Bertz CT molecular complexity index is 701. The van der Waals surface area contributed by atoms with E-state index in [1.54, 1.807) is 12.1 Å². The van der Waals surface area contributed by atoms with Crippen LogP contribution in [0.4, 0.5) is 0 Å². The number of carbonyl (C=O) groups excluding carboxylic acids is 1. The predicted octanol–water partition coefficient (Wildman–Crippen LogP) is 2.25. The molecule has 1 aliphatic rings. The first-order valence-electron chi connectivity index (χ1n) is 8.49. The summed E-state index contributed by atoms with van der Waals surface area (Å²) in [5, 5.41) is 7.61. The molecule has 0 saturated carbocycles. The van der Waals surface area contributed by atoms with Crippen LogP contribution in [0.5, 0.6) is 0 Å². The van der Waals surface area contributed by atoms with Crippen molar-refractivity contribution in [1.29, 1.82) is 0 Å². The highest BCUT2D eigenvalue weighted by atomic mass is 35.5. The zero-order valence-corrected chi connectivity index (χ0v) is 15.1. The molecule has 1 saturated heterocycles. The summed E-state index contributed by atoms with van der Waals surface area (Å²) in [6.45, 7) is 4.77. The normalized spacial score (nSPS) is 16.6. The number of nitrogens with one attached hydrogen (secondary N) is 1. The van der Waals surface area contributed by atoms with E-state index in [0.717, 1.165) is 38.2 Å². The third-order valence-electron chi connectivity index (χ3n) is 4.33. The molecule has 0 unspecified atom stereocenters. The molecule has 0 spiro atoms. The second-order valence-electron chi connectivity index (χ2n) is 6.40. The molecular weight excluding hydrogens is 340 g/mol. The monoisotopic (exact) mass is 362 g/mol. The molecule has 25 heavy (non-hydrogen) atoms. The number of aromatic nitrogens is 1. The zero-order chi connectivity index (χ0) is 17.6. The molecule has 6 nitrogen and oxygen atoms in total. The lowest BCUT2D eigenvalue weighted by molar-refractivity contribution is -0.122. The molecule has 0 bridgehead atoms. The van der Waals surface area contributed by atoms with Crippen LogP contribution in [0.3, 0.4) is 0 Å². The topological polar surface area (TPSA) is 61.6 Å². The largest absolute Gasteiger partial charge is 0.356 e. The van der Waals surface area contributed by atoms with Gasteiger partial charge in [0.25, 0.3) is 0 Å². The van der Waals surface area contributed by atoms with Gasteiger partial charge in [0.05, 0.1) is 13.1 Å². The molecule has 0 radical (unpaired) electrons. The van der Waals surface area contributed by atoms with Crippen LogP contribution in [0.1, 0.15) is 12.1 Å². The van der Waals surface area contributed by atoms with Gasteiger partial charge in [-0.25, -0.2) is 0 Å². The van der Waals surface area contributed by atoms with E-state index in [4.69, 9.17) is 16.1 Å². The maximum Gasteiger partial charge on any atom is 0.234 e. The number of hydrogen-bond donors (Lipinski definition) is 1. The maximum atomic E-state index is 12.2. The van der Waals surface area contributed by atoms with E-state index in [9.17, 15) is 4.79 Å². The fraction of sp³-hybridized carbons (Fsp3) is 0.444. The highest BCUT2D eigenvalue weighted by Gasteiger charge is 2.15. The van der Waals surface area contributed by atoms with Crippen LogP contribution in [-0.4, -0.2) is 60.6 Å². The van der Waals surface area contributed by atoms with Crippen LogP contribution >= 0.6 is 11.6 Å². The molecule has 1 fully saturated rings. The van der Waals surface area contributed by atoms with Gasteiger partial charge in [0.15, 0.2) is 5.76 Å². The molecule has 1 aliphatic heterocycles. The Morgan fingerprint density at radius 1 is 1.24 bits per heavy atom. The molecule has 2 aromatic rings. The first kappa shape index (κ1) is 17.9. The van der Waals surface area contributed by atoms with Gasteiger partial charge in [0.2, 0.25) is 5.91 Å². The zero-order valence-electron chi connectivity index (χ0n) is 14.4. The third kappa shape index (κ3) is 5.29. The Morgan fingerprint density at radius 2 is 2.04 bits per heavy atom. The Morgan fingerprint density at radius 3 is 2.84 bits per heavy atom. The molecule has 1 N–H and O–H groups in total. The fourth-order valence-corrected chi connectivity index (χ4v) is 2.98. The smallest absolute Gasteiger partial charge is 0.234 e. The van der Waals surface area contributed by atoms with Gasteiger partial charge >= 0.3 is 0 Å². The van der Waals surface area contributed by atoms with Crippen molar-refractivity contribution in [1.82, 2.24) is 20.3 Å². The van der Waals surface area contributed by atoms with Gasteiger partial charge < -0.3 is 14.7 Å². The van der Waals surface area contributed by atoms with Crippen LogP contribution in [0.25, 0.3) is 11.3 Å². The van der Waals surface area contributed by atoms with Crippen LogP contribution in [0, 0.1) is 0 Å². The molecule has 7 heteroatoms. The SMILES string of the molecule is CN1CCCN(CC(=O)NCc2cc(-c3ccc(Cl)cc3)on2)CC1. The summed E-state index contributed by atoms with van der Waals surface area (Å²) in [7, 11) is 2.12. The highest BCUT2D eigenvalue weighted by molar-refractivity contribution is 6.30. The Labute approximate surface area is 152 Å². The van der Waals surface area contributed by atoms with Crippen LogP contribution < -0.4 is 5.32 Å². The van der Waals surface area contributed by atoms with Crippen LogP contribution in [-0.2, 0) is 11.3 Å². The number of carbonyl (C=O) groups is 1. The summed E-state index contributed by atoms with van der Waals surface area (Å²) in [6.07, 6.45) is 1.09. The Balaban J connectivity index is 1.48. The minimum absolute atomic E-state index is 0.0144. The van der Waals surface area contributed by atoms with Crippen molar-refractivity contribution in [2.45, 2.75) is 13.0 Å². The number of benzene rings is 1. The summed E-state index contributed by atoms with van der Waals surface area (Å²) in [4.78, 5) is 16.6. The highest BCUT2D eigenvalue weighted by Crippen LogP contribution is 2.22. The van der Waals surface area contributed by atoms with Gasteiger partial charge in [0.1, 0.15) is 5.69 Å². The van der Waals surface area contributed by atoms with E-state index in [1.807, 2.05) is 18.2 Å². The van der Waals surface area contributed by atoms with Crippen molar-refractivity contribution in [3.05, 3.63) is 41.0 Å². The summed E-state index contributed by atoms with van der Waals surface area (Å²) in [5.41, 5.74) is 1.61. The molecule has 1 amide bonds. The quantitative estimate of drug-likeness (QED) is 0.884. The van der Waals surface area contributed by atoms with Gasteiger partial charge in [-0.15, -0.1) is 0 Å². The molecular formula is C18H23ClN4O2. The van der Waals surface area contributed by atoms with Crippen molar-refractivity contribution in [2.24, 2.45) is 0 Å². The number of nitrogens with zero attached hydrogens (tertiary/aromatic N) is 3. The molecule has 0 aliphatic carbocycles. The maximum absolute atomic E-state index is 12.2. The van der Waals surface area contributed by atoms with Crippen molar-refractivity contribution < 1.29 is 9.32 Å². The minimum Gasteiger partial charge on any atom is -0.356 e. The van der Waals surface area contributed by atoms with E-state index < -0.39 is 0 Å². The standard InChI is InChI=1S/C18H23ClN4O2/c1-22-7-2-8-23(10-9-22)13-18(24)20-12-16-11-17(25-21-16)14-3-5-15(19)6-4-14/h3-6,11H,2,7-10,12-13H2,1H3,(H,20,24). The van der Waals surface area contributed by atoms with E-state index in [2.05, 4.69) is 27.3 Å². The lowest BCUT2D eigenvalue weighted by Crippen LogP contribution is -2.38.